The molecule has 0 spiro atoms. The monoisotopic (exact) mass is 222 g/mol. The lowest BCUT2D eigenvalue weighted by Crippen LogP contribution is -2.46. The summed E-state index contributed by atoms with van der Waals surface area (Å²) in [4.78, 5) is 0. The number of aryl methyl sites for hydroxylation is 1. The maximum Gasteiger partial charge on any atom is 0.116 e. The molecule has 0 atom stereocenters. The van der Waals surface area contributed by atoms with Gasteiger partial charge >= 0.3 is 0 Å². The van der Waals surface area contributed by atoms with Crippen LogP contribution in [-0.2, 0) is 4.74 Å². The molecule has 3 nitrogen and oxygen atoms in total. The lowest BCUT2D eigenvalue weighted by atomic mass is 10.1. The molecule has 3 heteroatoms. The first-order valence-corrected chi connectivity index (χ1v) is 5.53. The molecule has 0 saturated heterocycles. The minimum atomic E-state index is 0.0136. The zero-order valence-corrected chi connectivity index (χ0v) is 10.9. The second kappa shape index (κ2) is 5.32. The molecule has 0 heterocycles. The molecule has 0 fully saturated rings. The van der Waals surface area contributed by atoms with Crippen LogP contribution in [0, 0.1) is 6.92 Å². The van der Waals surface area contributed by atoms with Crippen LogP contribution in [0.25, 0.3) is 0 Å². The average molecular weight is 222 g/mol. The lowest BCUT2D eigenvalue weighted by molar-refractivity contribution is 0.0253. The third-order valence-corrected chi connectivity index (χ3v) is 2.35. The molecule has 0 saturated carbocycles. The highest BCUT2D eigenvalue weighted by molar-refractivity contribution is 5.44. The topological polar surface area (TPSA) is 24.5 Å². The van der Waals surface area contributed by atoms with E-state index in [-0.39, 0.29) is 5.54 Å². The quantitative estimate of drug-likeness (QED) is 0.626. The van der Waals surface area contributed by atoms with Gasteiger partial charge in [0, 0.05) is 18.3 Å². The number of nitrogens with zero attached hydrogens (tertiary/aromatic N) is 1. The van der Waals surface area contributed by atoms with Crippen molar-refractivity contribution in [1.29, 1.82) is 0 Å². The fraction of sp³-hybridized carbons (Fsp3) is 0.538. The van der Waals surface area contributed by atoms with Crippen LogP contribution < -0.4 is 5.43 Å². The Hall–Kier alpha value is -1.06. The maximum absolute atomic E-state index is 5.20. The Bertz CT molecular complexity index is 331. The summed E-state index contributed by atoms with van der Waals surface area (Å²) in [5.74, 6) is 0. The predicted octanol–water partition coefficient (Wildman–Crippen LogP) is 3.03. The van der Waals surface area contributed by atoms with Crippen LogP contribution in [0.4, 0.5) is 5.69 Å². The molecule has 0 radical (unpaired) electrons. The summed E-state index contributed by atoms with van der Waals surface area (Å²) < 4.78 is 5.20. The van der Waals surface area contributed by atoms with Gasteiger partial charge in [-0.2, -0.15) is 5.01 Å². The van der Waals surface area contributed by atoms with Gasteiger partial charge in [0.25, 0.3) is 0 Å². The Labute approximate surface area is 98.4 Å². The van der Waals surface area contributed by atoms with Gasteiger partial charge in [-0.3, -0.25) is 0 Å². The summed E-state index contributed by atoms with van der Waals surface area (Å²) in [5, 5.41) is 2.07. The Balaban J connectivity index is 2.76. The zero-order chi connectivity index (χ0) is 12.2. The van der Waals surface area contributed by atoms with E-state index in [0.717, 1.165) is 5.69 Å². The number of nitrogens with one attached hydrogen (secondary N) is 1. The van der Waals surface area contributed by atoms with Gasteiger partial charge in [-0.25, -0.2) is 0 Å². The van der Waals surface area contributed by atoms with E-state index in [1.165, 1.54) is 5.56 Å². The molecule has 0 bridgehead atoms. The molecule has 90 valence electrons. The van der Waals surface area contributed by atoms with Crippen molar-refractivity contribution in [2.24, 2.45) is 0 Å². The first kappa shape index (κ1) is 13.0. The highest BCUT2D eigenvalue weighted by Crippen LogP contribution is 2.17. The number of benzene rings is 1. The van der Waals surface area contributed by atoms with Crippen molar-refractivity contribution in [2.45, 2.75) is 33.2 Å². The summed E-state index contributed by atoms with van der Waals surface area (Å²) >= 11 is 0. The van der Waals surface area contributed by atoms with Gasteiger partial charge in [0.05, 0.1) is 0 Å². The number of hydrazine groups is 1. The Morgan fingerprint density at radius 2 is 2.00 bits per heavy atom. The van der Waals surface area contributed by atoms with Crippen molar-refractivity contribution in [3.05, 3.63) is 29.8 Å². The standard InChI is InChI=1S/C13H22N2O/c1-11-7-6-8-12(9-11)14-15(10-16-5)13(2,3)4/h6-9,14H,10H2,1-5H3. The van der Waals surface area contributed by atoms with Crippen LogP contribution in [-0.4, -0.2) is 24.4 Å². The van der Waals surface area contributed by atoms with Gasteiger partial charge in [-0.1, -0.05) is 12.1 Å². The third-order valence-electron chi connectivity index (χ3n) is 2.35. The fourth-order valence-corrected chi connectivity index (χ4v) is 1.39. The van der Waals surface area contributed by atoms with E-state index in [4.69, 9.17) is 4.74 Å². The molecule has 0 aromatic heterocycles. The smallest absolute Gasteiger partial charge is 0.116 e. The van der Waals surface area contributed by atoms with Crippen molar-refractivity contribution in [1.82, 2.24) is 5.01 Å². The largest absolute Gasteiger partial charge is 0.368 e. The van der Waals surface area contributed by atoms with E-state index >= 15 is 0 Å². The van der Waals surface area contributed by atoms with Crippen LogP contribution in [0.5, 0.6) is 0 Å². The van der Waals surface area contributed by atoms with E-state index in [1.54, 1.807) is 7.11 Å². The summed E-state index contributed by atoms with van der Waals surface area (Å²) in [6.07, 6.45) is 0. The molecule has 1 aromatic carbocycles. The minimum absolute atomic E-state index is 0.0136. The molecule has 0 aliphatic rings. The fourth-order valence-electron chi connectivity index (χ4n) is 1.39. The third kappa shape index (κ3) is 3.83. The van der Waals surface area contributed by atoms with Crippen molar-refractivity contribution in [3.8, 4) is 0 Å². The zero-order valence-electron chi connectivity index (χ0n) is 10.9. The van der Waals surface area contributed by atoms with Crippen LogP contribution in [0.2, 0.25) is 0 Å². The lowest BCUT2D eigenvalue weighted by Gasteiger charge is -2.35. The highest BCUT2D eigenvalue weighted by Gasteiger charge is 2.20. The second-order valence-corrected chi connectivity index (χ2v) is 5.00. The summed E-state index contributed by atoms with van der Waals surface area (Å²) in [5.41, 5.74) is 5.72. The van der Waals surface area contributed by atoms with Crippen LogP contribution in [0.1, 0.15) is 26.3 Å². The predicted molar refractivity (Wildman–Crippen MR) is 68.3 cm³/mol. The molecule has 1 N–H and O–H groups in total. The van der Waals surface area contributed by atoms with Gasteiger partial charge in [0.15, 0.2) is 0 Å². The molecule has 16 heavy (non-hydrogen) atoms. The first-order chi connectivity index (χ1) is 7.43. The molecule has 1 aromatic rings. The average Bonchev–Trinajstić information content (AvgIpc) is 2.16. The summed E-state index contributed by atoms with van der Waals surface area (Å²) in [7, 11) is 1.71. The van der Waals surface area contributed by atoms with E-state index in [9.17, 15) is 0 Å². The normalized spacial score (nSPS) is 11.9. The van der Waals surface area contributed by atoms with Crippen molar-refractivity contribution < 1.29 is 4.74 Å². The van der Waals surface area contributed by atoms with E-state index in [1.807, 2.05) is 6.07 Å². The van der Waals surface area contributed by atoms with Crippen LogP contribution >= 0.6 is 0 Å². The molecular weight excluding hydrogens is 200 g/mol. The Morgan fingerprint density at radius 3 is 2.50 bits per heavy atom. The van der Waals surface area contributed by atoms with Gasteiger partial charge in [-0.05, 0) is 45.4 Å². The molecule has 0 aliphatic carbocycles. The second-order valence-electron chi connectivity index (χ2n) is 5.00. The van der Waals surface area contributed by atoms with Crippen molar-refractivity contribution in [2.75, 3.05) is 19.3 Å². The van der Waals surface area contributed by atoms with E-state index < -0.39 is 0 Å². The first-order valence-electron chi connectivity index (χ1n) is 5.53. The minimum Gasteiger partial charge on any atom is -0.368 e. The van der Waals surface area contributed by atoms with E-state index in [0.29, 0.717) is 6.73 Å². The van der Waals surface area contributed by atoms with E-state index in [2.05, 4.69) is 56.3 Å². The number of methoxy groups -OCH3 is 1. The van der Waals surface area contributed by atoms with Crippen molar-refractivity contribution >= 4 is 5.69 Å². The molecule has 0 aliphatic heterocycles. The van der Waals surface area contributed by atoms with Crippen LogP contribution in [0.15, 0.2) is 24.3 Å². The molecular formula is C13H22N2O. The van der Waals surface area contributed by atoms with Gasteiger partial charge < -0.3 is 10.2 Å². The Kier molecular flexibility index (Phi) is 4.33. The number of anilines is 1. The Morgan fingerprint density at radius 1 is 1.31 bits per heavy atom. The maximum atomic E-state index is 5.20. The highest BCUT2D eigenvalue weighted by atomic mass is 16.5. The molecule has 0 unspecified atom stereocenters. The van der Waals surface area contributed by atoms with Crippen molar-refractivity contribution in [3.63, 3.8) is 0 Å². The van der Waals surface area contributed by atoms with Crippen LogP contribution in [0.3, 0.4) is 0 Å². The van der Waals surface area contributed by atoms with Gasteiger partial charge in [-0.15, -0.1) is 0 Å². The van der Waals surface area contributed by atoms with Gasteiger partial charge in [0.1, 0.15) is 6.73 Å². The number of hydrogen-bond acceptors (Lipinski definition) is 3. The molecule has 0 amide bonds. The number of ether oxygens (including phenoxy) is 1. The summed E-state index contributed by atoms with van der Waals surface area (Å²) in [6.45, 7) is 9.08. The SMILES string of the molecule is COCN(Nc1cccc(C)c1)C(C)(C)C. The summed E-state index contributed by atoms with van der Waals surface area (Å²) in [6, 6.07) is 8.31. The number of rotatable bonds is 4. The number of hydrogen-bond donors (Lipinski definition) is 1. The van der Waals surface area contributed by atoms with Gasteiger partial charge in [0.2, 0.25) is 0 Å². The molecule has 1 rings (SSSR count).